The molecule has 2 N–H and O–H groups in total. The Labute approximate surface area is 216 Å². The number of urea groups is 1. The molecule has 0 saturated carbocycles. The van der Waals surface area contributed by atoms with Gasteiger partial charge in [0.15, 0.2) is 5.82 Å². The molecule has 1 heterocycles. The molecule has 0 unspecified atom stereocenters. The van der Waals surface area contributed by atoms with Gasteiger partial charge >= 0.3 is 6.03 Å². The molecule has 4 aromatic rings. The fourth-order valence-corrected chi connectivity index (χ4v) is 3.95. The van der Waals surface area contributed by atoms with E-state index in [1.54, 1.807) is 42.5 Å². The van der Waals surface area contributed by atoms with Crippen LogP contribution in [0.1, 0.15) is 5.56 Å². The standard InChI is InChI=1S/C25H18Cl3FN4O2/c26-16-4-2-5-17(12-16)32-25(34)33-18-13-30-24(31-14-18)15-3-1-6-19(11-15)35-10-9-20-21(27)7-8-22(29)23(20)28/h1-8,11-14H,9-10H2,(H2,32,33,34). The highest BCUT2D eigenvalue weighted by Crippen LogP contribution is 2.28. The predicted octanol–water partition coefficient (Wildman–Crippen LogP) is 7.51. The lowest BCUT2D eigenvalue weighted by Crippen LogP contribution is -2.19. The van der Waals surface area contributed by atoms with Gasteiger partial charge in [0, 0.05) is 27.7 Å². The molecule has 0 spiro atoms. The van der Waals surface area contributed by atoms with E-state index in [4.69, 9.17) is 39.5 Å². The highest BCUT2D eigenvalue weighted by Gasteiger charge is 2.11. The molecule has 0 atom stereocenters. The number of anilines is 2. The van der Waals surface area contributed by atoms with Gasteiger partial charge in [0.05, 0.1) is 29.7 Å². The van der Waals surface area contributed by atoms with Crippen LogP contribution in [0.25, 0.3) is 11.4 Å². The molecule has 35 heavy (non-hydrogen) atoms. The quantitative estimate of drug-likeness (QED) is 0.242. The molecule has 0 aliphatic heterocycles. The van der Waals surface area contributed by atoms with Gasteiger partial charge in [-0.25, -0.2) is 19.2 Å². The molecular formula is C25H18Cl3FN4O2. The van der Waals surface area contributed by atoms with Crippen LogP contribution in [0.4, 0.5) is 20.6 Å². The summed E-state index contributed by atoms with van der Waals surface area (Å²) < 4.78 is 19.5. The van der Waals surface area contributed by atoms with Gasteiger partial charge in [-0.3, -0.25) is 0 Å². The average Bonchev–Trinajstić information content (AvgIpc) is 2.84. The van der Waals surface area contributed by atoms with E-state index in [0.717, 1.165) is 5.56 Å². The number of hydrogen-bond donors (Lipinski definition) is 2. The van der Waals surface area contributed by atoms with Gasteiger partial charge in [0.25, 0.3) is 0 Å². The molecule has 0 fully saturated rings. The van der Waals surface area contributed by atoms with Crippen LogP contribution >= 0.6 is 34.8 Å². The molecule has 0 saturated heterocycles. The second-order valence-corrected chi connectivity index (χ2v) is 8.55. The molecule has 4 rings (SSSR count). The number of hydrogen-bond acceptors (Lipinski definition) is 4. The van der Waals surface area contributed by atoms with Gasteiger partial charge in [-0.2, -0.15) is 0 Å². The lowest BCUT2D eigenvalue weighted by molar-refractivity contribution is 0.262. The van der Waals surface area contributed by atoms with Crippen LogP contribution in [-0.4, -0.2) is 22.6 Å². The first-order valence-corrected chi connectivity index (χ1v) is 11.5. The van der Waals surface area contributed by atoms with Crippen molar-refractivity contribution in [1.29, 1.82) is 0 Å². The highest BCUT2D eigenvalue weighted by molar-refractivity contribution is 6.36. The van der Waals surface area contributed by atoms with Gasteiger partial charge in [-0.05, 0) is 48.0 Å². The minimum absolute atomic E-state index is 0.00167. The summed E-state index contributed by atoms with van der Waals surface area (Å²) in [7, 11) is 0. The fraction of sp³-hybridized carbons (Fsp3) is 0.0800. The SMILES string of the molecule is O=C(Nc1cnc(-c2cccc(OCCc3c(Cl)ccc(F)c3Cl)c2)nc1)Nc1cccc(Cl)c1. The molecular weight excluding hydrogens is 514 g/mol. The molecule has 0 radical (unpaired) electrons. The Morgan fingerprint density at radius 3 is 2.43 bits per heavy atom. The van der Waals surface area contributed by atoms with Crippen molar-refractivity contribution < 1.29 is 13.9 Å². The molecule has 10 heteroatoms. The molecule has 0 aliphatic rings. The van der Waals surface area contributed by atoms with Gasteiger partial charge in [0.2, 0.25) is 0 Å². The van der Waals surface area contributed by atoms with E-state index in [1.165, 1.54) is 24.5 Å². The smallest absolute Gasteiger partial charge is 0.323 e. The van der Waals surface area contributed by atoms with Crippen molar-refractivity contribution in [2.75, 3.05) is 17.2 Å². The van der Waals surface area contributed by atoms with Gasteiger partial charge in [0.1, 0.15) is 11.6 Å². The van der Waals surface area contributed by atoms with Crippen molar-refractivity contribution in [2.45, 2.75) is 6.42 Å². The van der Waals surface area contributed by atoms with Crippen molar-refractivity contribution in [3.8, 4) is 17.1 Å². The Morgan fingerprint density at radius 1 is 0.914 bits per heavy atom. The van der Waals surface area contributed by atoms with Crippen molar-refractivity contribution in [1.82, 2.24) is 9.97 Å². The van der Waals surface area contributed by atoms with E-state index in [1.807, 2.05) is 6.07 Å². The molecule has 3 aromatic carbocycles. The third-order valence-corrected chi connectivity index (χ3v) is 5.84. The predicted molar refractivity (Wildman–Crippen MR) is 137 cm³/mol. The third kappa shape index (κ3) is 6.60. The largest absolute Gasteiger partial charge is 0.493 e. The maximum absolute atomic E-state index is 13.7. The topological polar surface area (TPSA) is 76.1 Å². The zero-order valence-corrected chi connectivity index (χ0v) is 20.3. The Morgan fingerprint density at radius 2 is 1.66 bits per heavy atom. The minimum atomic E-state index is -0.523. The number of amides is 2. The second-order valence-electron chi connectivity index (χ2n) is 7.33. The van der Waals surface area contributed by atoms with Crippen LogP contribution in [0.5, 0.6) is 5.75 Å². The number of aromatic nitrogens is 2. The number of carbonyl (C=O) groups excluding carboxylic acids is 1. The molecule has 6 nitrogen and oxygen atoms in total. The summed E-state index contributed by atoms with van der Waals surface area (Å²) in [5.74, 6) is 0.510. The van der Waals surface area contributed by atoms with Crippen molar-refractivity contribution >= 4 is 52.2 Å². The summed E-state index contributed by atoms with van der Waals surface area (Å²) in [4.78, 5) is 20.8. The first-order chi connectivity index (χ1) is 16.9. The Bertz CT molecular complexity index is 1350. The monoisotopic (exact) mass is 530 g/mol. The van der Waals surface area contributed by atoms with Crippen LogP contribution < -0.4 is 15.4 Å². The number of nitrogens with zero attached hydrogens (tertiary/aromatic N) is 2. The fourth-order valence-electron chi connectivity index (χ4n) is 3.20. The summed E-state index contributed by atoms with van der Waals surface area (Å²) in [6.07, 6.45) is 3.34. The molecule has 1 aromatic heterocycles. The van der Waals surface area contributed by atoms with Gasteiger partial charge in [-0.15, -0.1) is 0 Å². The summed E-state index contributed by atoms with van der Waals surface area (Å²) in [5, 5.41) is 6.25. The second kappa shape index (κ2) is 11.4. The van der Waals surface area contributed by atoms with E-state index in [-0.39, 0.29) is 11.6 Å². The number of rotatable bonds is 7. The lowest BCUT2D eigenvalue weighted by atomic mass is 10.1. The van der Waals surface area contributed by atoms with E-state index < -0.39 is 11.8 Å². The summed E-state index contributed by atoms with van der Waals surface area (Å²) in [6, 6.07) is 16.3. The minimum Gasteiger partial charge on any atom is -0.493 e. The first-order valence-electron chi connectivity index (χ1n) is 10.4. The molecule has 2 amide bonds. The number of benzene rings is 3. The number of nitrogens with one attached hydrogen (secondary N) is 2. The Hall–Kier alpha value is -3.39. The highest BCUT2D eigenvalue weighted by atomic mass is 35.5. The van der Waals surface area contributed by atoms with Crippen LogP contribution in [0.15, 0.2) is 73.1 Å². The zero-order chi connectivity index (χ0) is 24.8. The average molecular weight is 532 g/mol. The van der Waals surface area contributed by atoms with E-state index in [9.17, 15) is 9.18 Å². The van der Waals surface area contributed by atoms with Gasteiger partial charge < -0.3 is 15.4 Å². The summed E-state index contributed by atoms with van der Waals surface area (Å²) in [5.41, 5.74) is 2.20. The summed E-state index contributed by atoms with van der Waals surface area (Å²) >= 11 is 18.1. The third-order valence-electron chi connectivity index (χ3n) is 4.84. The van der Waals surface area contributed by atoms with Crippen LogP contribution in [0, 0.1) is 5.82 Å². The van der Waals surface area contributed by atoms with Crippen LogP contribution in [-0.2, 0) is 6.42 Å². The lowest BCUT2D eigenvalue weighted by Gasteiger charge is -2.11. The van der Waals surface area contributed by atoms with E-state index >= 15 is 0 Å². The van der Waals surface area contributed by atoms with Crippen LogP contribution in [0.3, 0.4) is 0 Å². The zero-order valence-electron chi connectivity index (χ0n) is 18.1. The Kier molecular flexibility index (Phi) is 8.02. The van der Waals surface area contributed by atoms with Crippen LogP contribution in [0.2, 0.25) is 15.1 Å². The first kappa shape index (κ1) is 24.7. The molecule has 0 aliphatic carbocycles. The van der Waals surface area contributed by atoms with Crippen molar-refractivity contribution in [3.05, 3.63) is 99.5 Å². The van der Waals surface area contributed by atoms with Crippen molar-refractivity contribution in [2.24, 2.45) is 0 Å². The van der Waals surface area contributed by atoms with Crippen molar-refractivity contribution in [3.63, 3.8) is 0 Å². The maximum atomic E-state index is 13.7. The maximum Gasteiger partial charge on any atom is 0.323 e. The van der Waals surface area contributed by atoms with E-state index in [2.05, 4.69) is 20.6 Å². The molecule has 0 bridgehead atoms. The van der Waals surface area contributed by atoms with Gasteiger partial charge in [-0.1, -0.05) is 53.0 Å². The Balaban J connectivity index is 1.36. The summed E-state index contributed by atoms with van der Waals surface area (Å²) in [6.45, 7) is 0.248. The normalized spacial score (nSPS) is 10.6. The number of halogens is 4. The van der Waals surface area contributed by atoms with E-state index in [0.29, 0.717) is 45.0 Å². The number of ether oxygens (including phenoxy) is 1. The molecule has 178 valence electrons. The number of carbonyl (C=O) groups is 1.